The minimum Gasteiger partial charge on any atom is -0.341 e. The van der Waals surface area contributed by atoms with Gasteiger partial charge < -0.3 is 14.4 Å². The molecule has 1 saturated carbocycles. The van der Waals surface area contributed by atoms with E-state index in [0.29, 0.717) is 17.0 Å². The Hall–Kier alpha value is -2.93. The summed E-state index contributed by atoms with van der Waals surface area (Å²) >= 11 is 5.90. The Bertz CT molecular complexity index is 1050. The van der Waals surface area contributed by atoms with Crippen molar-refractivity contribution in [1.82, 2.24) is 24.4 Å². The Morgan fingerprint density at radius 2 is 1.65 bits per heavy atom. The molecule has 3 heterocycles. The van der Waals surface area contributed by atoms with Gasteiger partial charge in [-0.15, -0.1) is 0 Å². The summed E-state index contributed by atoms with van der Waals surface area (Å²) in [4.78, 5) is 30.7. The molecule has 1 aromatic carbocycles. The molecule has 0 spiro atoms. The van der Waals surface area contributed by atoms with E-state index >= 15 is 0 Å². The second-order valence-corrected chi connectivity index (χ2v) is 8.69. The fraction of sp³-hybridized carbons (Fsp3) is 0.391. The second-order valence-electron chi connectivity index (χ2n) is 8.25. The maximum atomic E-state index is 13.4. The summed E-state index contributed by atoms with van der Waals surface area (Å²) in [6.45, 7) is 3.64. The van der Waals surface area contributed by atoms with Crippen molar-refractivity contribution in [3.8, 4) is 5.69 Å². The Morgan fingerprint density at radius 1 is 1.00 bits per heavy atom. The molecule has 0 atom stereocenters. The van der Waals surface area contributed by atoms with E-state index in [1.807, 2.05) is 42.0 Å². The minimum absolute atomic E-state index is 0.137. The first-order valence-electron chi connectivity index (χ1n) is 10.8. The van der Waals surface area contributed by atoms with Gasteiger partial charge in [0.25, 0.3) is 5.91 Å². The number of carbonyl (C=O) groups is 1. The molecule has 5 rings (SSSR count). The van der Waals surface area contributed by atoms with Crippen LogP contribution in [0.2, 0.25) is 5.02 Å². The summed E-state index contributed by atoms with van der Waals surface area (Å²) < 4.78 is 2.02. The van der Waals surface area contributed by atoms with Crippen LogP contribution in [0, 0.1) is 6.92 Å². The molecule has 0 radical (unpaired) electrons. The zero-order chi connectivity index (χ0) is 21.4. The lowest BCUT2D eigenvalue weighted by molar-refractivity contribution is 0.0630. The van der Waals surface area contributed by atoms with Gasteiger partial charge in [0, 0.05) is 48.8 Å². The summed E-state index contributed by atoms with van der Waals surface area (Å²) in [6, 6.07) is 8.47. The van der Waals surface area contributed by atoms with Crippen LogP contribution >= 0.6 is 11.6 Å². The number of rotatable bonds is 5. The third-order valence-corrected chi connectivity index (χ3v) is 6.34. The molecule has 0 N–H and O–H groups in total. The Kier molecular flexibility index (Phi) is 5.36. The van der Waals surface area contributed by atoms with Crippen molar-refractivity contribution in [3.63, 3.8) is 0 Å². The Morgan fingerprint density at radius 3 is 2.23 bits per heavy atom. The van der Waals surface area contributed by atoms with Crippen molar-refractivity contribution in [3.05, 3.63) is 65.5 Å². The van der Waals surface area contributed by atoms with Gasteiger partial charge in [0.05, 0.1) is 17.4 Å². The highest BCUT2D eigenvalue weighted by Gasteiger charge is 2.39. The third kappa shape index (κ3) is 4.14. The number of aryl methyl sites for hydroxylation is 1. The number of anilines is 1. The largest absolute Gasteiger partial charge is 0.341 e. The van der Waals surface area contributed by atoms with E-state index in [1.165, 1.54) is 0 Å². The van der Waals surface area contributed by atoms with Crippen molar-refractivity contribution in [2.24, 2.45) is 0 Å². The highest BCUT2D eigenvalue weighted by molar-refractivity contribution is 6.30. The predicted molar refractivity (Wildman–Crippen MR) is 120 cm³/mol. The molecule has 1 saturated heterocycles. The maximum absolute atomic E-state index is 13.4. The van der Waals surface area contributed by atoms with E-state index in [-0.39, 0.29) is 11.9 Å². The van der Waals surface area contributed by atoms with Gasteiger partial charge in [-0.1, -0.05) is 11.6 Å². The van der Waals surface area contributed by atoms with Crippen LogP contribution in [0.3, 0.4) is 0 Å². The molecular formula is C23H25ClN6O. The van der Waals surface area contributed by atoms with E-state index in [1.54, 1.807) is 18.6 Å². The van der Waals surface area contributed by atoms with E-state index in [9.17, 15) is 4.79 Å². The zero-order valence-corrected chi connectivity index (χ0v) is 18.2. The first-order chi connectivity index (χ1) is 15.1. The summed E-state index contributed by atoms with van der Waals surface area (Å²) in [5, 5.41) is 0.540. The number of nitrogens with zero attached hydrogens (tertiary/aromatic N) is 6. The Labute approximate surface area is 186 Å². The van der Waals surface area contributed by atoms with Gasteiger partial charge >= 0.3 is 0 Å². The number of piperidine rings is 1. The number of imidazole rings is 1. The van der Waals surface area contributed by atoms with E-state index in [2.05, 4.69) is 24.8 Å². The quantitative estimate of drug-likeness (QED) is 0.606. The van der Waals surface area contributed by atoms with E-state index in [0.717, 1.165) is 55.8 Å². The SMILES string of the molecule is Cc1nccn1-c1ccc(C(=O)N(C2CC2)C2CCN(c3ncc(Cl)cn3)CC2)cc1. The molecule has 8 heteroatoms. The normalized spacial score (nSPS) is 17.0. The van der Waals surface area contributed by atoms with Crippen LogP contribution in [0.15, 0.2) is 49.1 Å². The highest BCUT2D eigenvalue weighted by atomic mass is 35.5. The average molecular weight is 437 g/mol. The number of halogens is 1. The summed E-state index contributed by atoms with van der Waals surface area (Å²) in [6.07, 6.45) is 11.0. The van der Waals surface area contributed by atoms with Crippen molar-refractivity contribution in [1.29, 1.82) is 0 Å². The van der Waals surface area contributed by atoms with Gasteiger partial charge in [-0.25, -0.2) is 15.0 Å². The smallest absolute Gasteiger partial charge is 0.254 e. The molecule has 2 fully saturated rings. The number of carbonyl (C=O) groups excluding carboxylic acids is 1. The van der Waals surface area contributed by atoms with Crippen molar-refractivity contribution in [2.45, 2.75) is 44.7 Å². The van der Waals surface area contributed by atoms with Crippen molar-refractivity contribution < 1.29 is 4.79 Å². The van der Waals surface area contributed by atoms with Crippen molar-refractivity contribution >= 4 is 23.5 Å². The topological polar surface area (TPSA) is 67.2 Å². The fourth-order valence-corrected chi connectivity index (χ4v) is 4.46. The van der Waals surface area contributed by atoms with E-state index < -0.39 is 0 Å². The second kappa shape index (κ2) is 8.30. The molecule has 0 unspecified atom stereocenters. The maximum Gasteiger partial charge on any atom is 0.254 e. The summed E-state index contributed by atoms with van der Waals surface area (Å²) in [7, 11) is 0. The van der Waals surface area contributed by atoms with Gasteiger partial charge in [-0.05, 0) is 56.9 Å². The molecule has 3 aromatic rings. The molecular weight excluding hydrogens is 412 g/mol. The van der Waals surface area contributed by atoms with Gasteiger partial charge in [-0.2, -0.15) is 0 Å². The summed E-state index contributed by atoms with van der Waals surface area (Å²) in [5.41, 5.74) is 1.76. The molecule has 1 aliphatic carbocycles. The lowest BCUT2D eigenvalue weighted by atomic mass is 10.0. The zero-order valence-electron chi connectivity index (χ0n) is 17.5. The number of aromatic nitrogens is 4. The van der Waals surface area contributed by atoms with Crippen molar-refractivity contribution in [2.75, 3.05) is 18.0 Å². The van der Waals surface area contributed by atoms with Crippen LogP contribution < -0.4 is 4.90 Å². The monoisotopic (exact) mass is 436 g/mol. The molecule has 0 bridgehead atoms. The summed E-state index contributed by atoms with van der Waals surface area (Å²) in [5.74, 6) is 1.77. The van der Waals surface area contributed by atoms with Crippen LogP contribution in [-0.4, -0.2) is 55.5 Å². The lowest BCUT2D eigenvalue weighted by Crippen LogP contribution is -2.48. The standard InChI is InChI=1S/C23H25ClN6O/c1-16-25-10-13-29(16)19-4-2-17(3-5-19)22(31)30(20-6-7-20)21-8-11-28(12-9-21)23-26-14-18(24)15-27-23/h2-5,10,13-15,20-21H,6-9,11-12H2,1H3. The predicted octanol–water partition coefficient (Wildman–Crippen LogP) is 3.90. The van der Waals surface area contributed by atoms with Crippen LogP contribution in [0.25, 0.3) is 5.69 Å². The third-order valence-electron chi connectivity index (χ3n) is 6.14. The van der Waals surface area contributed by atoms with Crippen LogP contribution in [0.5, 0.6) is 0 Å². The van der Waals surface area contributed by atoms with Gasteiger partial charge in [0.2, 0.25) is 5.95 Å². The fourth-order valence-electron chi connectivity index (χ4n) is 4.36. The molecule has 2 aromatic heterocycles. The number of hydrogen-bond donors (Lipinski definition) is 0. The van der Waals surface area contributed by atoms with Crippen LogP contribution in [0.1, 0.15) is 41.9 Å². The molecule has 2 aliphatic rings. The first kappa shape index (κ1) is 20.0. The Balaban J connectivity index is 1.28. The molecule has 1 aliphatic heterocycles. The number of hydrogen-bond acceptors (Lipinski definition) is 5. The molecule has 160 valence electrons. The average Bonchev–Trinajstić information content (AvgIpc) is 3.54. The molecule has 7 nitrogen and oxygen atoms in total. The van der Waals surface area contributed by atoms with Gasteiger partial charge in [0.1, 0.15) is 5.82 Å². The van der Waals surface area contributed by atoms with E-state index in [4.69, 9.17) is 11.6 Å². The molecule has 31 heavy (non-hydrogen) atoms. The van der Waals surface area contributed by atoms with Crippen LogP contribution in [-0.2, 0) is 0 Å². The van der Waals surface area contributed by atoms with Gasteiger partial charge in [0.15, 0.2) is 0 Å². The first-order valence-corrected chi connectivity index (χ1v) is 11.1. The highest BCUT2D eigenvalue weighted by Crippen LogP contribution is 2.34. The number of amides is 1. The van der Waals surface area contributed by atoms with Crippen LogP contribution in [0.4, 0.5) is 5.95 Å². The minimum atomic E-state index is 0.137. The lowest BCUT2D eigenvalue weighted by Gasteiger charge is -2.39. The molecule has 1 amide bonds. The number of benzene rings is 1. The van der Waals surface area contributed by atoms with Gasteiger partial charge in [-0.3, -0.25) is 4.79 Å².